The second-order valence-electron chi connectivity index (χ2n) is 0.951. The van der Waals surface area contributed by atoms with Crippen LogP contribution in [0.3, 0.4) is 0 Å². The molecule has 0 atom stereocenters. The number of rotatable bonds is 0. The molecule has 0 saturated carbocycles. The van der Waals surface area contributed by atoms with E-state index in [2.05, 4.69) is 0 Å². The van der Waals surface area contributed by atoms with E-state index in [4.69, 9.17) is 61.3 Å². The molecule has 0 unspecified atom stereocenters. The van der Waals surface area contributed by atoms with Crippen LogP contribution in [0.5, 0.6) is 0 Å². The zero-order chi connectivity index (χ0) is 14.3. The Hall–Kier alpha value is -2.58. The summed E-state index contributed by atoms with van der Waals surface area (Å²) < 4.78 is 0. The van der Waals surface area contributed by atoms with E-state index in [1.54, 1.807) is 0 Å². The van der Waals surface area contributed by atoms with Gasteiger partial charge in [-0.25, -0.2) is 0 Å². The summed E-state index contributed by atoms with van der Waals surface area (Å²) in [6, 6.07) is 0. The molecule has 0 amide bonds. The molecule has 1 radical (unpaired) electrons. The molecule has 0 aliphatic rings. The van der Waals surface area contributed by atoms with Crippen molar-refractivity contribution >= 4 is 0 Å². The van der Waals surface area contributed by atoms with Crippen molar-refractivity contribution in [2.45, 2.75) is 0 Å². The van der Waals surface area contributed by atoms with Gasteiger partial charge in [-0.05, 0) is 0 Å². The normalized spacial score (nSPS) is 5.65. The summed E-state index contributed by atoms with van der Waals surface area (Å²) in [5, 5.41) is 54.6. The van der Waals surface area contributed by atoms with Crippen LogP contribution in [0.1, 0.15) is 0 Å². The van der Waals surface area contributed by atoms with E-state index in [-0.39, 0.29) is 19.5 Å². The van der Waals surface area contributed by atoms with Crippen molar-refractivity contribution in [2.75, 3.05) is 0 Å². The molecule has 0 aromatic heterocycles. The van der Waals surface area contributed by atoms with Crippen molar-refractivity contribution in [1.82, 2.24) is 0 Å². The largest absolute Gasteiger partial charge is 0.328 e. The molecular weight excluding hydrogens is 351 g/mol. The van der Waals surface area contributed by atoms with Crippen LogP contribution in [0, 0.1) is 40.5 Å². The van der Waals surface area contributed by atoms with E-state index in [9.17, 15) is 0 Å². The van der Waals surface area contributed by atoms with Gasteiger partial charge in [0, 0.05) is 19.5 Å². The molecule has 105 valence electrons. The SMILES string of the molecule is O=[N+]([O-])O.O=[N+]([O-])O.O=[N+]([O-])O.O=[N+]([O-])O.[Rh]. The van der Waals surface area contributed by atoms with Gasteiger partial charge in [-0.3, -0.25) is 0 Å². The van der Waals surface area contributed by atoms with Crippen molar-refractivity contribution < 1.29 is 60.7 Å². The molecular formula is H4N4O12Rh. The van der Waals surface area contributed by atoms with E-state index in [0.717, 1.165) is 0 Å². The van der Waals surface area contributed by atoms with E-state index in [1.165, 1.54) is 0 Å². The van der Waals surface area contributed by atoms with Crippen LogP contribution in [-0.2, 0) is 19.5 Å². The van der Waals surface area contributed by atoms with Gasteiger partial charge in [-0.2, -0.15) is 0 Å². The first kappa shape index (κ1) is 29.3. The van der Waals surface area contributed by atoms with Crippen molar-refractivity contribution in [3.8, 4) is 0 Å². The standard InChI is InChI=1S/4HNO3.Rh/c4*2-1(3)4;/h4*(H,2,3,4);. The minimum atomic E-state index is -1.50. The Kier molecular flexibility index (Phi) is 40.2. The molecule has 17 heavy (non-hydrogen) atoms. The first-order valence-corrected chi connectivity index (χ1v) is 2.26. The molecule has 0 bridgehead atoms. The Morgan fingerprint density at radius 1 is 0.529 bits per heavy atom. The number of hydrogen-bond donors (Lipinski definition) is 4. The van der Waals surface area contributed by atoms with Crippen LogP contribution in [0.2, 0.25) is 0 Å². The quantitative estimate of drug-likeness (QED) is 0.222. The Bertz CT molecular complexity index is 159. The summed E-state index contributed by atoms with van der Waals surface area (Å²) in [7, 11) is 0. The molecule has 0 aromatic carbocycles. The van der Waals surface area contributed by atoms with Crippen molar-refractivity contribution in [2.24, 2.45) is 0 Å². The fourth-order valence-corrected chi connectivity index (χ4v) is 0. The molecule has 0 spiro atoms. The average molecular weight is 355 g/mol. The fraction of sp³-hybridized carbons (Fsp3) is 0. The second-order valence-corrected chi connectivity index (χ2v) is 0.951. The van der Waals surface area contributed by atoms with Gasteiger partial charge in [-0.1, -0.05) is 0 Å². The molecule has 0 aromatic rings. The first-order valence-electron chi connectivity index (χ1n) is 2.26. The van der Waals surface area contributed by atoms with Gasteiger partial charge >= 0.3 is 0 Å². The molecule has 0 aliphatic carbocycles. The van der Waals surface area contributed by atoms with Gasteiger partial charge in [-0.15, -0.1) is 40.5 Å². The zero-order valence-corrected chi connectivity index (χ0v) is 8.82. The van der Waals surface area contributed by atoms with Crippen molar-refractivity contribution in [1.29, 1.82) is 0 Å². The van der Waals surface area contributed by atoms with Crippen LogP contribution in [0.15, 0.2) is 0 Å². The summed E-state index contributed by atoms with van der Waals surface area (Å²) in [5.41, 5.74) is 0. The van der Waals surface area contributed by atoms with Gasteiger partial charge in [0.05, 0.1) is 0 Å². The summed E-state index contributed by atoms with van der Waals surface area (Å²) in [5.74, 6) is 0. The van der Waals surface area contributed by atoms with Gasteiger partial charge in [0.1, 0.15) is 0 Å². The van der Waals surface area contributed by atoms with E-state index in [0.29, 0.717) is 0 Å². The Balaban J connectivity index is -0.0000000369. The van der Waals surface area contributed by atoms with Crippen molar-refractivity contribution in [3.05, 3.63) is 40.5 Å². The maximum absolute atomic E-state index is 8.36. The van der Waals surface area contributed by atoms with Crippen LogP contribution >= 0.6 is 0 Å². The van der Waals surface area contributed by atoms with Crippen molar-refractivity contribution in [3.63, 3.8) is 0 Å². The predicted molar refractivity (Wildman–Crippen MR) is 35.1 cm³/mol. The summed E-state index contributed by atoms with van der Waals surface area (Å²) in [6.07, 6.45) is 0. The summed E-state index contributed by atoms with van der Waals surface area (Å²) in [6.45, 7) is 0. The van der Waals surface area contributed by atoms with Gasteiger partial charge < -0.3 is 20.8 Å². The summed E-state index contributed by atoms with van der Waals surface area (Å²) in [4.78, 5) is 33.4. The summed E-state index contributed by atoms with van der Waals surface area (Å²) >= 11 is 0. The zero-order valence-electron chi connectivity index (χ0n) is 7.18. The second kappa shape index (κ2) is 23.3. The number of hydrogen-bond acceptors (Lipinski definition) is 8. The third-order valence-electron chi connectivity index (χ3n) is 0. The Morgan fingerprint density at radius 3 is 0.529 bits per heavy atom. The van der Waals surface area contributed by atoms with E-state index < -0.39 is 20.3 Å². The molecule has 4 N–H and O–H groups in total. The predicted octanol–water partition coefficient (Wildman–Crippen LogP) is -1.39. The maximum Gasteiger partial charge on any atom is 0.291 e. The molecule has 0 fully saturated rings. The van der Waals surface area contributed by atoms with Gasteiger partial charge in [0.25, 0.3) is 20.3 Å². The minimum Gasteiger partial charge on any atom is -0.328 e. The molecule has 0 aliphatic heterocycles. The Labute approximate surface area is 102 Å². The average Bonchev–Trinajstić information content (AvgIpc) is 1.76. The van der Waals surface area contributed by atoms with E-state index in [1.807, 2.05) is 0 Å². The van der Waals surface area contributed by atoms with Crippen LogP contribution in [0.4, 0.5) is 0 Å². The smallest absolute Gasteiger partial charge is 0.291 e. The maximum atomic E-state index is 8.36. The first-order chi connectivity index (χ1) is 6.93. The minimum absolute atomic E-state index is 0. The third kappa shape index (κ3) is 264. The fourth-order valence-electron chi connectivity index (χ4n) is 0. The molecule has 0 saturated heterocycles. The molecule has 0 rings (SSSR count). The van der Waals surface area contributed by atoms with Gasteiger partial charge in [0.15, 0.2) is 0 Å². The molecule has 0 heterocycles. The van der Waals surface area contributed by atoms with Crippen LogP contribution in [0.25, 0.3) is 0 Å². The Morgan fingerprint density at radius 2 is 0.529 bits per heavy atom. The third-order valence-corrected chi connectivity index (χ3v) is 0. The van der Waals surface area contributed by atoms with Crippen LogP contribution in [-0.4, -0.2) is 41.2 Å². The van der Waals surface area contributed by atoms with Crippen LogP contribution < -0.4 is 0 Å². The van der Waals surface area contributed by atoms with Gasteiger partial charge in [0.2, 0.25) is 0 Å². The molecule has 17 heteroatoms. The topological polar surface area (TPSA) is 253 Å². The number of nitrogens with zero attached hydrogens (tertiary/aromatic N) is 4. The monoisotopic (exact) mass is 355 g/mol. The molecule has 16 nitrogen and oxygen atoms in total. The van der Waals surface area contributed by atoms with E-state index >= 15 is 0 Å².